The Balaban J connectivity index is 1.73. The molecular weight excluding hydrogens is 602 g/mol. The van der Waals surface area contributed by atoms with E-state index in [4.69, 9.17) is 9.47 Å². The number of amides is 2. The first-order valence-corrected chi connectivity index (χ1v) is 17.5. The lowest BCUT2D eigenvalue weighted by atomic mass is 9.95. The monoisotopic (exact) mass is 649 g/mol. The van der Waals surface area contributed by atoms with E-state index in [1.165, 1.54) is 32.4 Å². The van der Waals surface area contributed by atoms with Crippen molar-refractivity contribution in [2.75, 3.05) is 31.6 Å². The van der Waals surface area contributed by atoms with Gasteiger partial charge < -0.3 is 19.7 Å². The highest BCUT2D eigenvalue weighted by Gasteiger charge is 2.34. The third kappa shape index (κ3) is 8.60. The molecule has 1 N–H and O–H groups in total. The highest BCUT2D eigenvalue weighted by molar-refractivity contribution is 7.92. The first kappa shape index (κ1) is 34.8. The van der Waals surface area contributed by atoms with Gasteiger partial charge in [-0.25, -0.2) is 8.42 Å². The fourth-order valence-corrected chi connectivity index (χ4v) is 7.58. The fourth-order valence-electron chi connectivity index (χ4n) is 6.17. The van der Waals surface area contributed by atoms with E-state index < -0.39 is 28.5 Å². The van der Waals surface area contributed by atoms with E-state index in [-0.39, 0.29) is 29.1 Å². The molecule has 0 unspecified atom stereocenters. The normalized spacial score (nSPS) is 14.3. The number of sulfonamides is 1. The van der Waals surface area contributed by atoms with Crippen LogP contribution in [-0.2, 0) is 26.0 Å². The number of nitrogens with one attached hydrogen (secondary N) is 1. The summed E-state index contributed by atoms with van der Waals surface area (Å²) < 4.78 is 40.6. The van der Waals surface area contributed by atoms with Crippen LogP contribution in [-0.4, -0.2) is 64.5 Å². The van der Waals surface area contributed by atoms with Crippen molar-refractivity contribution in [2.45, 2.75) is 82.7 Å². The van der Waals surface area contributed by atoms with Crippen molar-refractivity contribution in [3.05, 3.63) is 83.4 Å². The summed E-state index contributed by atoms with van der Waals surface area (Å²) in [4.78, 5) is 29.7. The van der Waals surface area contributed by atoms with Crippen molar-refractivity contribution < 1.29 is 27.5 Å². The molecule has 1 fully saturated rings. The molecule has 0 aliphatic heterocycles. The smallest absolute Gasteiger partial charge is 0.264 e. The molecule has 0 spiro atoms. The third-order valence-corrected chi connectivity index (χ3v) is 10.3. The van der Waals surface area contributed by atoms with Crippen molar-refractivity contribution in [1.82, 2.24) is 10.2 Å². The average molecular weight is 650 g/mol. The van der Waals surface area contributed by atoms with Crippen LogP contribution in [0.3, 0.4) is 0 Å². The van der Waals surface area contributed by atoms with Crippen molar-refractivity contribution in [3.63, 3.8) is 0 Å². The highest BCUT2D eigenvalue weighted by atomic mass is 32.2. The van der Waals surface area contributed by atoms with Gasteiger partial charge in [-0.3, -0.25) is 13.9 Å². The Morgan fingerprint density at radius 2 is 1.54 bits per heavy atom. The van der Waals surface area contributed by atoms with Crippen LogP contribution in [0.2, 0.25) is 0 Å². The van der Waals surface area contributed by atoms with Gasteiger partial charge in [-0.1, -0.05) is 62.6 Å². The summed E-state index contributed by atoms with van der Waals surface area (Å²) >= 11 is 0. The van der Waals surface area contributed by atoms with E-state index in [1.807, 2.05) is 57.2 Å². The summed E-state index contributed by atoms with van der Waals surface area (Å²) in [5.74, 6) is -0.0104. The van der Waals surface area contributed by atoms with Crippen LogP contribution in [0.5, 0.6) is 11.5 Å². The topological polar surface area (TPSA) is 105 Å². The van der Waals surface area contributed by atoms with Crippen molar-refractivity contribution in [2.24, 2.45) is 0 Å². The largest absolute Gasteiger partial charge is 0.493 e. The molecule has 10 heteroatoms. The Kier molecular flexibility index (Phi) is 12.1. The van der Waals surface area contributed by atoms with Gasteiger partial charge in [-0.15, -0.1) is 0 Å². The fraction of sp³-hybridized carbons (Fsp3) is 0.444. The minimum absolute atomic E-state index is 0.0463. The van der Waals surface area contributed by atoms with Gasteiger partial charge in [0.2, 0.25) is 11.8 Å². The van der Waals surface area contributed by atoms with E-state index in [9.17, 15) is 18.0 Å². The van der Waals surface area contributed by atoms with E-state index in [0.29, 0.717) is 24.3 Å². The van der Waals surface area contributed by atoms with Gasteiger partial charge in [0.25, 0.3) is 10.0 Å². The van der Waals surface area contributed by atoms with Gasteiger partial charge in [-0.05, 0) is 80.5 Å². The van der Waals surface area contributed by atoms with Crippen LogP contribution in [0.4, 0.5) is 5.69 Å². The second-order valence-electron chi connectivity index (χ2n) is 12.0. The van der Waals surface area contributed by atoms with Crippen LogP contribution in [0.1, 0.15) is 62.1 Å². The quantitative estimate of drug-likeness (QED) is 0.236. The molecular formula is C36H47N3O6S. The first-order valence-electron chi connectivity index (χ1n) is 16.0. The maximum Gasteiger partial charge on any atom is 0.264 e. The standard InChI is InChI=1S/C36H47N3O6S/c1-6-32(36(41)37-29-15-11-8-12-16-29)38(20-19-28-13-9-7-10-14-28)35(40)25-39(30-22-26(2)21-27(3)23-30)46(42,43)31-17-18-33(44-4)34(24-31)45-5/h7,9-10,13-14,17-18,21-24,29,32H,6,8,11-12,15-16,19-20,25H2,1-5H3,(H,37,41)/t32-/m0/s1. The average Bonchev–Trinajstić information content (AvgIpc) is 3.05. The number of hydrogen-bond acceptors (Lipinski definition) is 6. The van der Waals surface area contributed by atoms with Gasteiger partial charge in [0.1, 0.15) is 12.6 Å². The van der Waals surface area contributed by atoms with Gasteiger partial charge in [0.15, 0.2) is 11.5 Å². The molecule has 9 nitrogen and oxygen atoms in total. The lowest BCUT2D eigenvalue weighted by Crippen LogP contribution is -2.54. The van der Waals surface area contributed by atoms with Gasteiger partial charge >= 0.3 is 0 Å². The zero-order chi connectivity index (χ0) is 33.3. The summed E-state index contributed by atoms with van der Waals surface area (Å²) in [5.41, 5.74) is 3.10. The maximum atomic E-state index is 14.4. The summed E-state index contributed by atoms with van der Waals surface area (Å²) in [7, 11) is -1.35. The summed E-state index contributed by atoms with van der Waals surface area (Å²) in [6.45, 7) is 5.43. The van der Waals surface area contributed by atoms with Crippen molar-refractivity contribution >= 4 is 27.5 Å². The van der Waals surface area contributed by atoms with Crippen molar-refractivity contribution in [3.8, 4) is 11.5 Å². The third-order valence-electron chi connectivity index (χ3n) is 8.54. The number of methoxy groups -OCH3 is 2. The first-order chi connectivity index (χ1) is 22.1. The van der Waals surface area contributed by atoms with Crippen LogP contribution in [0.25, 0.3) is 0 Å². The second-order valence-corrected chi connectivity index (χ2v) is 13.8. The maximum absolute atomic E-state index is 14.4. The molecule has 1 saturated carbocycles. The molecule has 1 aliphatic carbocycles. The zero-order valence-electron chi connectivity index (χ0n) is 27.6. The molecule has 0 bridgehead atoms. The predicted molar refractivity (Wildman–Crippen MR) is 181 cm³/mol. The molecule has 1 atom stereocenters. The number of anilines is 1. The number of carbonyl (C=O) groups is 2. The van der Waals surface area contributed by atoms with Crippen molar-refractivity contribution in [1.29, 1.82) is 0 Å². The van der Waals surface area contributed by atoms with Gasteiger partial charge in [0.05, 0.1) is 24.8 Å². The Morgan fingerprint density at radius 1 is 0.891 bits per heavy atom. The molecule has 3 aromatic carbocycles. The number of aryl methyl sites for hydroxylation is 2. The van der Waals surface area contributed by atoms with E-state index >= 15 is 0 Å². The molecule has 3 aromatic rings. The second kappa shape index (κ2) is 16.0. The Hall–Kier alpha value is -4.05. The van der Waals surface area contributed by atoms with Crippen LogP contribution < -0.4 is 19.1 Å². The Labute approximate surface area is 273 Å². The van der Waals surface area contributed by atoms with Gasteiger partial charge in [-0.2, -0.15) is 0 Å². The van der Waals surface area contributed by atoms with Crippen LogP contribution in [0.15, 0.2) is 71.6 Å². The highest BCUT2D eigenvalue weighted by Crippen LogP contribution is 2.33. The molecule has 46 heavy (non-hydrogen) atoms. The number of ether oxygens (including phenoxy) is 2. The van der Waals surface area contributed by atoms with Gasteiger partial charge in [0, 0.05) is 18.7 Å². The number of rotatable bonds is 14. The predicted octanol–water partition coefficient (Wildman–Crippen LogP) is 5.81. The zero-order valence-corrected chi connectivity index (χ0v) is 28.4. The van der Waals surface area contributed by atoms with E-state index in [0.717, 1.165) is 53.1 Å². The molecule has 4 rings (SSSR count). The van der Waals surface area contributed by atoms with E-state index in [2.05, 4.69) is 5.32 Å². The molecule has 0 heterocycles. The lowest BCUT2D eigenvalue weighted by molar-refractivity contribution is -0.140. The summed E-state index contributed by atoms with van der Waals surface area (Å²) in [6, 6.07) is 18.9. The van der Waals surface area contributed by atoms with Crippen LogP contribution >= 0.6 is 0 Å². The summed E-state index contributed by atoms with van der Waals surface area (Å²) in [6.07, 6.45) is 6.05. The number of carbonyl (C=O) groups excluding carboxylic acids is 2. The number of benzene rings is 3. The molecule has 0 radical (unpaired) electrons. The van der Waals surface area contributed by atoms with E-state index in [1.54, 1.807) is 17.0 Å². The minimum atomic E-state index is -4.27. The minimum Gasteiger partial charge on any atom is -0.493 e. The SMILES string of the molecule is CC[C@@H](C(=O)NC1CCCCC1)N(CCc1ccccc1)C(=O)CN(c1cc(C)cc(C)c1)S(=O)(=O)c1ccc(OC)c(OC)c1. The molecule has 0 aromatic heterocycles. The summed E-state index contributed by atoms with van der Waals surface area (Å²) in [5, 5.41) is 3.19. The molecule has 1 aliphatic rings. The number of nitrogens with zero attached hydrogens (tertiary/aromatic N) is 2. The Morgan fingerprint density at radius 3 is 2.15 bits per heavy atom. The lowest BCUT2D eigenvalue weighted by Gasteiger charge is -2.34. The molecule has 2 amide bonds. The van der Waals surface area contributed by atoms with Crippen LogP contribution in [0, 0.1) is 13.8 Å². The Bertz CT molecular complexity index is 1570. The number of hydrogen-bond donors (Lipinski definition) is 1. The molecule has 248 valence electrons. The molecule has 0 saturated heterocycles.